The number of hydrogen-bond donors (Lipinski definition) is 0. The van der Waals surface area contributed by atoms with E-state index in [-0.39, 0.29) is 23.9 Å². The number of aromatic nitrogens is 4. The first-order chi connectivity index (χ1) is 13.1. The highest BCUT2D eigenvalue weighted by Gasteiger charge is 2.40. The Kier molecular flexibility index (Phi) is 4.58. The van der Waals surface area contributed by atoms with E-state index in [4.69, 9.17) is 9.26 Å². The summed E-state index contributed by atoms with van der Waals surface area (Å²) in [6, 6.07) is 8.09. The maximum Gasteiger partial charge on any atom is 0.243 e. The smallest absolute Gasteiger partial charge is 0.243 e. The molecule has 10 heteroatoms. The average molecular weight is 387 g/mol. The number of benzene rings is 1. The zero-order chi connectivity index (χ0) is 18.9. The van der Waals surface area contributed by atoms with Crippen LogP contribution in [0.3, 0.4) is 0 Å². The molecule has 0 saturated carbocycles. The molecule has 3 aromatic rings. The summed E-state index contributed by atoms with van der Waals surface area (Å²) >= 11 is 0. The van der Waals surface area contributed by atoms with Crippen molar-refractivity contribution in [3.63, 3.8) is 0 Å². The Labute approximate surface area is 156 Å². The fourth-order valence-corrected chi connectivity index (χ4v) is 4.25. The first-order valence-corrected chi connectivity index (χ1v) is 9.86. The maximum absolute atomic E-state index is 12.7. The van der Waals surface area contributed by atoms with E-state index in [1.807, 2.05) is 6.92 Å². The van der Waals surface area contributed by atoms with Gasteiger partial charge in [-0.25, -0.2) is 18.4 Å². The quantitative estimate of drug-likeness (QED) is 0.628. The molecular weight excluding hydrogens is 370 g/mol. The van der Waals surface area contributed by atoms with Gasteiger partial charge in [0.2, 0.25) is 27.6 Å². The molecule has 1 aliphatic rings. The molecular formula is C17H17N5O4S. The minimum Gasteiger partial charge on any atom is -0.494 e. The second-order valence-corrected chi connectivity index (χ2v) is 7.89. The van der Waals surface area contributed by atoms with Crippen LogP contribution in [-0.4, -0.2) is 52.5 Å². The van der Waals surface area contributed by atoms with Gasteiger partial charge in [0.05, 0.1) is 17.4 Å². The van der Waals surface area contributed by atoms with Crippen molar-refractivity contribution >= 4 is 10.0 Å². The van der Waals surface area contributed by atoms with Crippen LogP contribution in [0.2, 0.25) is 0 Å². The number of hydrogen-bond acceptors (Lipinski definition) is 8. The zero-order valence-electron chi connectivity index (χ0n) is 14.5. The van der Waals surface area contributed by atoms with Crippen LogP contribution >= 0.6 is 0 Å². The molecule has 3 heterocycles. The van der Waals surface area contributed by atoms with Gasteiger partial charge in [-0.3, -0.25) is 0 Å². The maximum atomic E-state index is 12.7. The second kappa shape index (κ2) is 7.05. The van der Waals surface area contributed by atoms with Gasteiger partial charge in [0.1, 0.15) is 5.75 Å². The van der Waals surface area contributed by atoms with Crippen molar-refractivity contribution in [3.8, 4) is 17.4 Å². The van der Waals surface area contributed by atoms with Gasteiger partial charge >= 0.3 is 0 Å². The standard InChI is InChI=1S/C17H17N5O4S/c1-2-25-13-4-6-14(7-5-13)27(23,24)22-10-12(11-22)17-20-16(21-26-17)15-18-8-3-9-19-15/h3-9,12H,2,10-11H2,1H3. The van der Waals surface area contributed by atoms with Crippen molar-refractivity contribution < 1.29 is 17.7 Å². The van der Waals surface area contributed by atoms with Gasteiger partial charge in [-0.15, -0.1) is 0 Å². The molecule has 0 atom stereocenters. The van der Waals surface area contributed by atoms with Gasteiger partial charge in [0.25, 0.3) is 0 Å². The lowest BCUT2D eigenvalue weighted by Crippen LogP contribution is -2.48. The second-order valence-electron chi connectivity index (χ2n) is 5.95. The summed E-state index contributed by atoms with van der Waals surface area (Å²) in [6.45, 7) is 2.97. The van der Waals surface area contributed by atoms with E-state index in [0.29, 0.717) is 29.9 Å². The Balaban J connectivity index is 1.43. The number of sulfonamides is 1. The molecule has 0 N–H and O–H groups in total. The molecule has 27 heavy (non-hydrogen) atoms. The molecule has 4 rings (SSSR count). The van der Waals surface area contributed by atoms with E-state index in [0.717, 1.165) is 0 Å². The van der Waals surface area contributed by atoms with Gasteiger partial charge in [0.15, 0.2) is 0 Å². The predicted molar refractivity (Wildman–Crippen MR) is 94.4 cm³/mol. The SMILES string of the molecule is CCOc1ccc(S(=O)(=O)N2CC(c3nc(-c4ncccn4)no3)C2)cc1. The lowest BCUT2D eigenvalue weighted by atomic mass is 10.0. The fraction of sp³-hybridized carbons (Fsp3) is 0.294. The van der Waals surface area contributed by atoms with Gasteiger partial charge in [-0.2, -0.15) is 9.29 Å². The molecule has 0 bridgehead atoms. The van der Waals surface area contributed by atoms with Gasteiger partial charge in [-0.05, 0) is 37.3 Å². The summed E-state index contributed by atoms with van der Waals surface area (Å²) in [6.07, 6.45) is 3.18. The van der Waals surface area contributed by atoms with E-state index >= 15 is 0 Å². The van der Waals surface area contributed by atoms with E-state index in [2.05, 4.69) is 20.1 Å². The van der Waals surface area contributed by atoms with Crippen LogP contribution in [0.25, 0.3) is 11.6 Å². The van der Waals surface area contributed by atoms with Crippen LogP contribution in [0, 0.1) is 0 Å². The molecule has 1 fully saturated rings. The summed E-state index contributed by atoms with van der Waals surface area (Å²) < 4.78 is 37.4. The number of nitrogens with zero attached hydrogens (tertiary/aromatic N) is 5. The molecule has 0 spiro atoms. The molecule has 140 valence electrons. The van der Waals surface area contributed by atoms with Gasteiger partial charge in [0, 0.05) is 25.5 Å². The monoisotopic (exact) mass is 387 g/mol. The molecule has 1 aliphatic heterocycles. The largest absolute Gasteiger partial charge is 0.494 e. The van der Waals surface area contributed by atoms with E-state index in [1.165, 1.54) is 4.31 Å². The van der Waals surface area contributed by atoms with Crippen molar-refractivity contribution in [3.05, 3.63) is 48.6 Å². The Morgan fingerprint density at radius 3 is 2.52 bits per heavy atom. The third-order valence-electron chi connectivity index (χ3n) is 4.18. The van der Waals surface area contributed by atoms with E-state index < -0.39 is 10.0 Å². The zero-order valence-corrected chi connectivity index (χ0v) is 15.3. The minimum atomic E-state index is -3.56. The molecule has 1 aromatic carbocycles. The molecule has 1 saturated heterocycles. The fourth-order valence-electron chi connectivity index (χ4n) is 2.72. The van der Waals surface area contributed by atoms with Gasteiger partial charge in [-0.1, -0.05) is 5.16 Å². The van der Waals surface area contributed by atoms with Crippen LogP contribution in [0.1, 0.15) is 18.7 Å². The van der Waals surface area contributed by atoms with Crippen molar-refractivity contribution in [1.82, 2.24) is 24.4 Å². The topological polar surface area (TPSA) is 111 Å². The Hall–Kier alpha value is -2.85. The average Bonchev–Trinajstić information content (AvgIpc) is 3.11. The molecule has 0 aliphatic carbocycles. The summed E-state index contributed by atoms with van der Waals surface area (Å²) in [5.41, 5.74) is 0. The van der Waals surface area contributed by atoms with E-state index in [9.17, 15) is 8.42 Å². The van der Waals surface area contributed by atoms with Crippen molar-refractivity contribution in [2.45, 2.75) is 17.7 Å². The summed E-state index contributed by atoms with van der Waals surface area (Å²) in [7, 11) is -3.56. The third kappa shape index (κ3) is 3.40. The summed E-state index contributed by atoms with van der Waals surface area (Å²) in [5.74, 6) is 1.53. The van der Waals surface area contributed by atoms with Crippen LogP contribution in [0.4, 0.5) is 0 Å². The Morgan fingerprint density at radius 1 is 1.15 bits per heavy atom. The lowest BCUT2D eigenvalue weighted by molar-refractivity contribution is 0.217. The minimum absolute atomic E-state index is 0.146. The Morgan fingerprint density at radius 2 is 1.85 bits per heavy atom. The van der Waals surface area contributed by atoms with Crippen LogP contribution in [0.15, 0.2) is 52.1 Å². The van der Waals surface area contributed by atoms with E-state index in [1.54, 1.807) is 42.7 Å². The highest BCUT2D eigenvalue weighted by molar-refractivity contribution is 7.89. The summed E-state index contributed by atoms with van der Waals surface area (Å²) in [5, 5.41) is 3.87. The molecule has 0 unspecified atom stereocenters. The summed E-state index contributed by atoms with van der Waals surface area (Å²) in [4.78, 5) is 12.6. The third-order valence-corrected chi connectivity index (χ3v) is 6.02. The predicted octanol–water partition coefficient (Wildman–Crippen LogP) is 1.71. The van der Waals surface area contributed by atoms with Crippen LogP contribution < -0.4 is 4.74 Å². The Bertz CT molecular complexity index is 1010. The molecule has 0 radical (unpaired) electrons. The highest BCUT2D eigenvalue weighted by Crippen LogP contribution is 2.32. The lowest BCUT2D eigenvalue weighted by Gasteiger charge is -2.35. The first-order valence-electron chi connectivity index (χ1n) is 8.42. The van der Waals surface area contributed by atoms with Crippen LogP contribution in [-0.2, 0) is 10.0 Å². The molecule has 0 amide bonds. The molecule has 9 nitrogen and oxygen atoms in total. The first kappa shape index (κ1) is 17.6. The normalized spacial score (nSPS) is 15.4. The van der Waals surface area contributed by atoms with Crippen molar-refractivity contribution in [2.24, 2.45) is 0 Å². The number of rotatable bonds is 6. The van der Waals surface area contributed by atoms with Crippen molar-refractivity contribution in [1.29, 1.82) is 0 Å². The van der Waals surface area contributed by atoms with Gasteiger partial charge < -0.3 is 9.26 Å². The highest BCUT2D eigenvalue weighted by atomic mass is 32.2. The van der Waals surface area contributed by atoms with Crippen LogP contribution in [0.5, 0.6) is 5.75 Å². The molecule has 2 aromatic heterocycles. The number of ether oxygens (including phenoxy) is 1. The van der Waals surface area contributed by atoms with Crippen molar-refractivity contribution in [2.75, 3.05) is 19.7 Å².